The van der Waals surface area contributed by atoms with Crippen LogP contribution in [0.2, 0.25) is 0 Å². The maximum absolute atomic E-state index is 13.5. The van der Waals surface area contributed by atoms with Gasteiger partial charge < -0.3 is 10.1 Å². The van der Waals surface area contributed by atoms with Gasteiger partial charge in [-0.15, -0.1) is 0 Å². The van der Waals surface area contributed by atoms with Crippen molar-refractivity contribution in [3.63, 3.8) is 0 Å². The molecule has 0 atom stereocenters. The van der Waals surface area contributed by atoms with Gasteiger partial charge in [0.1, 0.15) is 11.5 Å². The molecule has 0 unspecified atom stereocenters. The lowest BCUT2D eigenvalue weighted by atomic mass is 10.1. The highest BCUT2D eigenvalue weighted by Crippen LogP contribution is 2.36. The first-order valence-corrected chi connectivity index (χ1v) is 10.4. The van der Waals surface area contributed by atoms with E-state index in [1.807, 2.05) is 0 Å². The van der Waals surface area contributed by atoms with Gasteiger partial charge in [0.2, 0.25) is 0 Å². The van der Waals surface area contributed by atoms with E-state index in [2.05, 4.69) is 20.3 Å². The molecule has 186 valence electrons. The Balaban J connectivity index is 1.83. The number of benzene rings is 1. The molecule has 0 bridgehead atoms. The van der Waals surface area contributed by atoms with Gasteiger partial charge in [0.25, 0.3) is 0 Å². The Morgan fingerprint density at radius 1 is 0.944 bits per heavy atom. The lowest BCUT2D eigenvalue weighted by molar-refractivity contribution is -0.138. The van der Waals surface area contributed by atoms with Crippen LogP contribution >= 0.6 is 0 Å². The number of ether oxygens (including phenoxy) is 1. The maximum atomic E-state index is 13.5. The van der Waals surface area contributed by atoms with Gasteiger partial charge in [0.05, 0.1) is 28.9 Å². The van der Waals surface area contributed by atoms with E-state index in [4.69, 9.17) is 4.74 Å². The summed E-state index contributed by atoms with van der Waals surface area (Å²) in [6, 6.07) is 10.1. The molecule has 1 aromatic carbocycles. The first-order chi connectivity index (χ1) is 17.0. The Morgan fingerprint density at radius 2 is 1.67 bits per heavy atom. The van der Waals surface area contributed by atoms with Crippen molar-refractivity contribution in [2.75, 3.05) is 11.9 Å². The summed E-state index contributed by atoms with van der Waals surface area (Å²) in [5.41, 5.74) is -2.21. The van der Waals surface area contributed by atoms with E-state index in [9.17, 15) is 31.1 Å². The number of hydrogen-bond donors (Lipinski definition) is 1. The fraction of sp³-hybridized carbons (Fsp3) is 0.167. The average molecular weight is 506 g/mol. The molecule has 3 heterocycles. The average Bonchev–Trinajstić information content (AvgIpc) is 2.83. The van der Waals surface area contributed by atoms with Gasteiger partial charge in [-0.2, -0.15) is 26.3 Å². The number of pyridine rings is 3. The van der Waals surface area contributed by atoms with Gasteiger partial charge in [-0.1, -0.05) is 0 Å². The molecule has 0 saturated heterocycles. The highest BCUT2D eigenvalue weighted by Gasteiger charge is 2.35. The minimum absolute atomic E-state index is 0.0383. The number of alkyl halides is 6. The van der Waals surface area contributed by atoms with Gasteiger partial charge in [0.15, 0.2) is 5.69 Å². The van der Waals surface area contributed by atoms with E-state index in [1.54, 1.807) is 6.92 Å². The van der Waals surface area contributed by atoms with Crippen molar-refractivity contribution < 1.29 is 35.9 Å². The molecule has 0 aliphatic rings. The van der Waals surface area contributed by atoms with E-state index >= 15 is 0 Å². The highest BCUT2D eigenvalue weighted by atomic mass is 19.4. The number of aromatic nitrogens is 3. The Labute approximate surface area is 200 Å². The van der Waals surface area contributed by atoms with Crippen LogP contribution in [-0.2, 0) is 17.1 Å². The largest absolute Gasteiger partial charge is 0.461 e. The summed E-state index contributed by atoms with van der Waals surface area (Å²) in [6.07, 6.45) is -8.00. The van der Waals surface area contributed by atoms with Crippen LogP contribution in [-0.4, -0.2) is 27.5 Å². The molecular weight excluding hydrogens is 490 g/mol. The Kier molecular flexibility index (Phi) is 6.53. The summed E-state index contributed by atoms with van der Waals surface area (Å²) in [5.74, 6) is -0.762. The number of halogens is 6. The highest BCUT2D eigenvalue weighted by molar-refractivity contribution is 5.98. The third-order valence-electron chi connectivity index (χ3n) is 5.00. The first kappa shape index (κ1) is 24.9. The SMILES string of the molecule is CCOC(=O)c1cc2nc(-c3ncccc3C(F)(F)F)ccc2c(Nc2ccc(C(F)(F)F)cc2)n1. The molecule has 0 aliphatic carbocycles. The van der Waals surface area contributed by atoms with Gasteiger partial charge in [-0.05, 0) is 61.5 Å². The summed E-state index contributed by atoms with van der Waals surface area (Å²) >= 11 is 0. The molecule has 4 aromatic rings. The second-order valence-corrected chi connectivity index (χ2v) is 7.44. The Morgan fingerprint density at radius 3 is 2.31 bits per heavy atom. The third kappa shape index (κ3) is 5.21. The summed E-state index contributed by atoms with van der Waals surface area (Å²) in [4.78, 5) is 24.7. The summed E-state index contributed by atoms with van der Waals surface area (Å²) in [5, 5.41) is 3.14. The molecule has 12 heteroatoms. The zero-order valence-corrected chi connectivity index (χ0v) is 18.4. The van der Waals surface area contributed by atoms with Crippen molar-refractivity contribution >= 4 is 28.4 Å². The number of rotatable bonds is 5. The summed E-state index contributed by atoms with van der Waals surface area (Å²) < 4.78 is 84.1. The second kappa shape index (κ2) is 9.44. The Hall–Kier alpha value is -4.22. The number of hydrogen-bond acceptors (Lipinski definition) is 6. The fourth-order valence-electron chi connectivity index (χ4n) is 3.38. The van der Waals surface area contributed by atoms with Gasteiger partial charge in [-0.25, -0.2) is 14.8 Å². The minimum Gasteiger partial charge on any atom is -0.461 e. The molecule has 0 amide bonds. The molecule has 0 spiro atoms. The smallest absolute Gasteiger partial charge is 0.418 e. The van der Waals surface area contributed by atoms with Crippen molar-refractivity contribution in [1.82, 2.24) is 15.0 Å². The van der Waals surface area contributed by atoms with Crippen molar-refractivity contribution in [3.8, 4) is 11.4 Å². The zero-order valence-electron chi connectivity index (χ0n) is 18.4. The molecule has 0 fully saturated rings. The molecule has 36 heavy (non-hydrogen) atoms. The van der Waals surface area contributed by atoms with Crippen molar-refractivity contribution in [1.29, 1.82) is 0 Å². The zero-order chi connectivity index (χ0) is 26.1. The third-order valence-corrected chi connectivity index (χ3v) is 5.00. The minimum atomic E-state index is -4.68. The quantitative estimate of drug-likeness (QED) is 0.241. The summed E-state index contributed by atoms with van der Waals surface area (Å²) in [7, 11) is 0. The van der Waals surface area contributed by atoms with E-state index in [0.29, 0.717) is 5.39 Å². The number of esters is 1. The molecule has 0 saturated carbocycles. The predicted octanol–water partition coefficient (Wildman–Crippen LogP) is 6.65. The maximum Gasteiger partial charge on any atom is 0.418 e. The van der Waals surface area contributed by atoms with Crippen LogP contribution in [0.4, 0.5) is 37.8 Å². The molecule has 4 rings (SSSR count). The van der Waals surface area contributed by atoms with Crippen LogP contribution in [0.15, 0.2) is 60.8 Å². The lowest BCUT2D eigenvalue weighted by Gasteiger charge is -2.14. The number of carbonyl (C=O) groups is 1. The van der Waals surface area contributed by atoms with Crippen LogP contribution in [0.25, 0.3) is 22.3 Å². The van der Waals surface area contributed by atoms with Crippen LogP contribution in [0.5, 0.6) is 0 Å². The number of nitrogens with zero attached hydrogens (tertiary/aromatic N) is 3. The molecule has 6 nitrogen and oxygen atoms in total. The first-order valence-electron chi connectivity index (χ1n) is 10.4. The summed E-state index contributed by atoms with van der Waals surface area (Å²) in [6.45, 7) is 1.62. The molecule has 0 aliphatic heterocycles. The predicted molar refractivity (Wildman–Crippen MR) is 118 cm³/mol. The van der Waals surface area contributed by atoms with Crippen LogP contribution in [0.3, 0.4) is 0 Å². The number of nitrogens with one attached hydrogen (secondary N) is 1. The van der Waals surface area contributed by atoms with Gasteiger partial charge >= 0.3 is 18.3 Å². The van der Waals surface area contributed by atoms with Gasteiger partial charge in [0, 0.05) is 17.3 Å². The number of carbonyl (C=O) groups excluding carboxylic acids is 1. The van der Waals surface area contributed by atoms with E-state index in [-0.39, 0.29) is 35.0 Å². The van der Waals surface area contributed by atoms with Crippen LogP contribution < -0.4 is 5.32 Å². The Bertz CT molecular complexity index is 1420. The topological polar surface area (TPSA) is 77.0 Å². The molecule has 0 radical (unpaired) electrons. The normalized spacial score (nSPS) is 12.0. The van der Waals surface area contributed by atoms with Crippen molar-refractivity contribution in [2.45, 2.75) is 19.3 Å². The standard InChI is InChI=1S/C24H16F6N4O2/c1-2-36-22(35)19-12-18-15(21(34-19)32-14-7-5-13(6-8-14)23(25,26)27)9-10-17(33-18)20-16(24(28,29)30)4-3-11-31-20/h3-12H,2H2,1H3,(H,32,34). The second-order valence-electron chi connectivity index (χ2n) is 7.44. The number of fused-ring (bicyclic) bond motifs is 1. The molecule has 1 N–H and O–H groups in total. The number of anilines is 2. The van der Waals surface area contributed by atoms with Gasteiger partial charge in [-0.3, -0.25) is 4.98 Å². The molecule has 3 aromatic heterocycles. The van der Waals surface area contributed by atoms with E-state index < -0.39 is 35.1 Å². The van der Waals surface area contributed by atoms with Crippen LogP contribution in [0.1, 0.15) is 28.5 Å². The van der Waals surface area contributed by atoms with Crippen LogP contribution in [0, 0.1) is 0 Å². The molecular formula is C24H16F6N4O2. The fourth-order valence-corrected chi connectivity index (χ4v) is 3.38. The monoisotopic (exact) mass is 506 g/mol. The van der Waals surface area contributed by atoms with E-state index in [0.717, 1.165) is 24.3 Å². The van der Waals surface area contributed by atoms with E-state index in [1.165, 1.54) is 36.5 Å². The van der Waals surface area contributed by atoms with Crippen molar-refractivity contribution in [3.05, 3.63) is 77.6 Å². The van der Waals surface area contributed by atoms with Crippen molar-refractivity contribution in [2.24, 2.45) is 0 Å². The lowest BCUT2D eigenvalue weighted by Crippen LogP contribution is -2.10.